The van der Waals surface area contributed by atoms with Crippen LogP contribution in [-0.4, -0.2) is 0 Å². The van der Waals surface area contributed by atoms with Crippen LogP contribution in [0.15, 0.2) is 218 Å². The highest BCUT2D eigenvalue weighted by Crippen LogP contribution is 2.57. The maximum absolute atomic E-state index is 2.41. The maximum atomic E-state index is 2.41. The Morgan fingerprint density at radius 2 is 0.571 bits per heavy atom. The van der Waals surface area contributed by atoms with Gasteiger partial charge in [0.05, 0.1) is 0 Å². The van der Waals surface area contributed by atoms with Crippen LogP contribution < -0.4 is 0 Å². The fourth-order valence-electron chi connectivity index (χ4n) is 9.18. The predicted molar refractivity (Wildman–Crippen MR) is 240 cm³/mol. The van der Waals surface area contributed by atoms with Gasteiger partial charge in [-0.25, -0.2) is 0 Å². The van der Waals surface area contributed by atoms with E-state index in [2.05, 4.69) is 218 Å². The van der Waals surface area contributed by atoms with Crippen LogP contribution in [0.3, 0.4) is 0 Å². The topological polar surface area (TPSA) is 0 Å². The van der Waals surface area contributed by atoms with E-state index in [1.165, 1.54) is 110 Å². The normalized spacial score (nSPS) is 11.6. The van der Waals surface area contributed by atoms with Crippen molar-refractivity contribution in [3.8, 4) is 66.8 Å². The van der Waals surface area contributed by atoms with Crippen molar-refractivity contribution in [2.75, 3.05) is 0 Å². The molecule has 0 atom stereocenters. The minimum Gasteiger partial charge on any atom is -0.0622 e. The van der Waals surface area contributed by atoms with E-state index in [0.717, 1.165) is 0 Å². The van der Waals surface area contributed by atoms with Gasteiger partial charge in [0.15, 0.2) is 0 Å². The van der Waals surface area contributed by atoms with Gasteiger partial charge in [-0.1, -0.05) is 212 Å². The Morgan fingerprint density at radius 1 is 0.196 bits per heavy atom. The molecule has 0 aliphatic rings. The van der Waals surface area contributed by atoms with Crippen molar-refractivity contribution < 1.29 is 0 Å². The van der Waals surface area contributed by atoms with Crippen LogP contribution in [0.4, 0.5) is 0 Å². The van der Waals surface area contributed by atoms with Gasteiger partial charge in [-0.05, 0) is 116 Å². The molecule has 0 aromatic heterocycles. The van der Waals surface area contributed by atoms with Gasteiger partial charge in [0.2, 0.25) is 0 Å². The number of fused-ring (bicyclic) bond motifs is 1. The molecule has 0 N–H and O–H groups in total. The standard InChI is InChI=1S/C56H36/c1-5-17-38(18-6-1)51-52(39-19-7-2-8-20-39)54(41-23-11-4-12-24-41)56(48-35-33-44-30-29-42-26-15-27-43-32-34-47(48)50(44)49(42)43)55(53(51)40-21-9-3-10-22-40)46-31-28-37-16-13-14-25-45(37)36-46/h1-36H. The first-order chi connectivity index (χ1) is 27.8. The summed E-state index contributed by atoms with van der Waals surface area (Å²) in [6.45, 7) is 0. The second-order valence-electron chi connectivity index (χ2n) is 14.7. The molecule has 0 heterocycles. The Bertz CT molecular complexity index is 3180. The largest absolute Gasteiger partial charge is 0.0622 e. The average molecular weight is 709 g/mol. The first-order valence-electron chi connectivity index (χ1n) is 19.4. The van der Waals surface area contributed by atoms with E-state index in [-0.39, 0.29) is 0 Å². The Morgan fingerprint density at radius 3 is 1.11 bits per heavy atom. The van der Waals surface area contributed by atoms with Gasteiger partial charge in [0.1, 0.15) is 0 Å². The van der Waals surface area contributed by atoms with Crippen molar-refractivity contribution in [2.45, 2.75) is 0 Å². The van der Waals surface area contributed by atoms with Crippen molar-refractivity contribution in [1.82, 2.24) is 0 Å². The molecule has 56 heavy (non-hydrogen) atoms. The third kappa shape index (κ3) is 5.15. The molecular formula is C56H36. The Hall–Kier alpha value is -7.28. The van der Waals surface area contributed by atoms with Gasteiger partial charge in [0, 0.05) is 0 Å². The molecule has 0 nitrogen and oxygen atoms in total. The zero-order valence-corrected chi connectivity index (χ0v) is 30.8. The highest BCUT2D eigenvalue weighted by atomic mass is 14.3. The maximum Gasteiger partial charge on any atom is -0.000762 e. The van der Waals surface area contributed by atoms with Crippen LogP contribution in [0.1, 0.15) is 0 Å². The summed E-state index contributed by atoms with van der Waals surface area (Å²) in [6, 6.07) is 80.6. The van der Waals surface area contributed by atoms with Crippen LogP contribution in [0.25, 0.3) is 110 Å². The van der Waals surface area contributed by atoms with E-state index in [0.29, 0.717) is 0 Å². The molecule has 0 amide bonds. The summed E-state index contributed by atoms with van der Waals surface area (Å²) < 4.78 is 0. The Labute approximate surface area is 326 Å². The number of rotatable bonds is 6. The van der Waals surface area contributed by atoms with Crippen LogP contribution in [0.2, 0.25) is 0 Å². The summed E-state index contributed by atoms with van der Waals surface area (Å²) in [6.07, 6.45) is 0. The summed E-state index contributed by atoms with van der Waals surface area (Å²) in [7, 11) is 0. The minimum absolute atomic E-state index is 1.19. The molecule has 0 aliphatic carbocycles. The van der Waals surface area contributed by atoms with Crippen molar-refractivity contribution in [2.24, 2.45) is 0 Å². The summed E-state index contributed by atoms with van der Waals surface area (Å²) in [5.74, 6) is 0. The second kappa shape index (κ2) is 13.2. The zero-order valence-electron chi connectivity index (χ0n) is 30.8. The first kappa shape index (κ1) is 32.2. The molecule has 0 radical (unpaired) electrons. The van der Waals surface area contributed by atoms with Crippen LogP contribution in [0, 0.1) is 0 Å². The summed E-state index contributed by atoms with van der Waals surface area (Å²) in [4.78, 5) is 0. The lowest BCUT2D eigenvalue weighted by Gasteiger charge is -2.29. The number of hydrogen-bond donors (Lipinski definition) is 0. The van der Waals surface area contributed by atoms with Gasteiger partial charge in [-0.15, -0.1) is 0 Å². The number of benzene rings is 11. The van der Waals surface area contributed by atoms with E-state index in [1.807, 2.05) is 0 Å². The molecule has 0 fully saturated rings. The molecule has 11 aromatic rings. The van der Waals surface area contributed by atoms with Crippen molar-refractivity contribution in [3.05, 3.63) is 218 Å². The van der Waals surface area contributed by atoms with Crippen LogP contribution in [0.5, 0.6) is 0 Å². The van der Waals surface area contributed by atoms with E-state index >= 15 is 0 Å². The van der Waals surface area contributed by atoms with Gasteiger partial charge in [0.25, 0.3) is 0 Å². The van der Waals surface area contributed by atoms with Gasteiger partial charge < -0.3 is 0 Å². The smallest absolute Gasteiger partial charge is 0.000762 e. The molecule has 0 aliphatic heterocycles. The zero-order chi connectivity index (χ0) is 37.0. The molecule has 0 unspecified atom stereocenters. The quantitative estimate of drug-likeness (QED) is 0.151. The molecule has 0 bridgehead atoms. The molecule has 11 aromatic carbocycles. The van der Waals surface area contributed by atoms with Crippen LogP contribution in [-0.2, 0) is 0 Å². The lowest BCUT2D eigenvalue weighted by molar-refractivity contribution is 1.52. The summed E-state index contributed by atoms with van der Waals surface area (Å²) >= 11 is 0. The number of hydrogen-bond acceptors (Lipinski definition) is 0. The molecule has 0 saturated heterocycles. The van der Waals surface area contributed by atoms with Crippen molar-refractivity contribution in [3.63, 3.8) is 0 Å². The molecule has 260 valence electrons. The molecule has 0 heteroatoms. The fraction of sp³-hybridized carbons (Fsp3) is 0. The second-order valence-corrected chi connectivity index (χ2v) is 14.7. The van der Waals surface area contributed by atoms with Gasteiger partial charge in [-0.3, -0.25) is 0 Å². The minimum atomic E-state index is 1.19. The predicted octanol–water partition coefficient (Wildman–Crippen LogP) is 15.7. The molecule has 0 saturated carbocycles. The van der Waals surface area contributed by atoms with Crippen LogP contribution >= 0.6 is 0 Å². The highest BCUT2D eigenvalue weighted by Gasteiger charge is 2.30. The molecule has 0 spiro atoms. The highest BCUT2D eigenvalue weighted by molar-refractivity contribution is 6.27. The van der Waals surface area contributed by atoms with E-state index in [9.17, 15) is 0 Å². The third-order valence-electron chi connectivity index (χ3n) is 11.6. The lowest BCUT2D eigenvalue weighted by Crippen LogP contribution is -2.02. The van der Waals surface area contributed by atoms with Gasteiger partial charge in [-0.2, -0.15) is 0 Å². The fourth-order valence-corrected chi connectivity index (χ4v) is 9.18. The summed E-state index contributed by atoms with van der Waals surface area (Å²) in [5.41, 5.74) is 14.5. The van der Waals surface area contributed by atoms with E-state index < -0.39 is 0 Å². The van der Waals surface area contributed by atoms with Gasteiger partial charge >= 0.3 is 0 Å². The van der Waals surface area contributed by atoms with E-state index in [1.54, 1.807) is 0 Å². The first-order valence-corrected chi connectivity index (χ1v) is 19.4. The Balaban J connectivity index is 1.44. The van der Waals surface area contributed by atoms with E-state index in [4.69, 9.17) is 0 Å². The third-order valence-corrected chi connectivity index (χ3v) is 11.6. The lowest BCUT2D eigenvalue weighted by atomic mass is 9.73. The van der Waals surface area contributed by atoms with Crippen molar-refractivity contribution in [1.29, 1.82) is 0 Å². The average Bonchev–Trinajstić information content (AvgIpc) is 3.28. The SMILES string of the molecule is c1ccc(-c2c(-c3ccccc3)c(-c3ccccc3)c(-c3ccc4ccc5cccc6ccc3c4c56)c(-c3ccc4ccccc4c3)c2-c2ccccc2)cc1. The molecule has 11 rings (SSSR count). The summed E-state index contributed by atoms with van der Waals surface area (Å²) in [5, 5.41) is 10.1. The molecular weight excluding hydrogens is 673 g/mol. The Kier molecular flexibility index (Phi) is 7.60. The van der Waals surface area contributed by atoms with Crippen molar-refractivity contribution >= 4 is 43.1 Å². The monoisotopic (exact) mass is 708 g/mol.